The number of carbonyl (C=O) groups excluding carboxylic acids is 1. The normalized spacial score (nSPS) is 23.1. The largest absolute Gasteiger partial charge is 0.433 e. The van der Waals surface area contributed by atoms with Crippen LogP contribution in [0.3, 0.4) is 0 Å². The van der Waals surface area contributed by atoms with Crippen LogP contribution in [0.2, 0.25) is 0 Å². The Balaban J connectivity index is 2.30. The molecule has 5 nitrogen and oxygen atoms in total. The van der Waals surface area contributed by atoms with Crippen molar-refractivity contribution < 1.29 is 18.0 Å². The summed E-state index contributed by atoms with van der Waals surface area (Å²) in [6.45, 7) is 3.97. The highest BCUT2D eigenvalue weighted by atomic mass is 19.4. The predicted octanol–water partition coefficient (Wildman–Crippen LogP) is 1.36. The molecule has 1 aliphatic rings. The van der Waals surface area contributed by atoms with Gasteiger partial charge in [-0.15, -0.1) is 0 Å². The third-order valence-electron chi connectivity index (χ3n) is 3.39. The Morgan fingerprint density at radius 2 is 2.05 bits per heavy atom. The van der Waals surface area contributed by atoms with E-state index in [4.69, 9.17) is 5.73 Å². The van der Waals surface area contributed by atoms with E-state index >= 15 is 0 Å². The molecule has 1 aromatic rings. The van der Waals surface area contributed by atoms with Gasteiger partial charge in [0, 0.05) is 18.8 Å². The van der Waals surface area contributed by atoms with E-state index in [1.807, 2.05) is 6.92 Å². The van der Waals surface area contributed by atoms with Crippen LogP contribution in [0.1, 0.15) is 18.3 Å². The van der Waals surface area contributed by atoms with Crippen molar-refractivity contribution in [1.29, 1.82) is 0 Å². The van der Waals surface area contributed by atoms with Crippen molar-refractivity contribution in [2.75, 3.05) is 18.0 Å². The molecule has 20 heavy (non-hydrogen) atoms. The van der Waals surface area contributed by atoms with E-state index in [9.17, 15) is 18.0 Å². The lowest BCUT2D eigenvalue weighted by molar-refractivity contribution is -0.141. The Hall–Kier alpha value is -1.86. The molecule has 2 heterocycles. The lowest BCUT2D eigenvalue weighted by Crippen LogP contribution is -2.29. The number of hydrogen-bond acceptors (Lipinski definition) is 4. The van der Waals surface area contributed by atoms with Crippen LogP contribution >= 0.6 is 0 Å². The fourth-order valence-electron chi connectivity index (χ4n) is 2.34. The van der Waals surface area contributed by atoms with Gasteiger partial charge in [-0.2, -0.15) is 13.2 Å². The highest BCUT2D eigenvalue weighted by Crippen LogP contribution is 2.31. The van der Waals surface area contributed by atoms with Crippen LogP contribution in [-0.4, -0.2) is 29.0 Å². The van der Waals surface area contributed by atoms with E-state index in [-0.39, 0.29) is 24.1 Å². The molecule has 1 aliphatic heterocycles. The van der Waals surface area contributed by atoms with Crippen LogP contribution in [0, 0.1) is 18.8 Å². The first-order chi connectivity index (χ1) is 9.18. The van der Waals surface area contributed by atoms with Crippen molar-refractivity contribution in [1.82, 2.24) is 9.97 Å². The van der Waals surface area contributed by atoms with Crippen molar-refractivity contribution >= 4 is 11.9 Å². The van der Waals surface area contributed by atoms with E-state index in [1.165, 1.54) is 6.92 Å². The number of aryl methyl sites for hydroxylation is 1. The van der Waals surface area contributed by atoms with Gasteiger partial charge in [0.05, 0.1) is 5.92 Å². The van der Waals surface area contributed by atoms with Gasteiger partial charge in [-0.05, 0) is 18.9 Å². The Morgan fingerprint density at radius 3 is 2.55 bits per heavy atom. The average Bonchev–Trinajstić information content (AvgIpc) is 2.69. The van der Waals surface area contributed by atoms with Crippen LogP contribution in [0.5, 0.6) is 0 Å². The van der Waals surface area contributed by atoms with E-state index in [0.29, 0.717) is 6.54 Å². The average molecular weight is 288 g/mol. The van der Waals surface area contributed by atoms with E-state index in [2.05, 4.69) is 9.97 Å². The third kappa shape index (κ3) is 2.83. The second-order valence-corrected chi connectivity index (χ2v) is 5.08. The highest BCUT2D eigenvalue weighted by molar-refractivity contribution is 5.78. The topological polar surface area (TPSA) is 72.1 Å². The van der Waals surface area contributed by atoms with Gasteiger partial charge in [0.15, 0.2) is 0 Å². The van der Waals surface area contributed by atoms with Gasteiger partial charge in [-0.3, -0.25) is 4.79 Å². The minimum atomic E-state index is -4.52. The molecule has 0 spiro atoms. The number of aromatic nitrogens is 2. The molecule has 0 aliphatic carbocycles. The number of nitrogens with zero attached hydrogens (tertiary/aromatic N) is 3. The summed E-state index contributed by atoms with van der Waals surface area (Å²) in [5, 5.41) is 0. The molecule has 2 rings (SSSR count). The number of anilines is 1. The molecule has 0 radical (unpaired) electrons. The number of rotatable bonds is 2. The van der Waals surface area contributed by atoms with E-state index in [1.54, 1.807) is 4.90 Å². The first-order valence-corrected chi connectivity index (χ1v) is 6.15. The maximum absolute atomic E-state index is 12.7. The summed E-state index contributed by atoms with van der Waals surface area (Å²) in [7, 11) is 0. The maximum Gasteiger partial charge on any atom is 0.433 e. The molecule has 1 saturated heterocycles. The monoisotopic (exact) mass is 288 g/mol. The lowest BCUT2D eigenvalue weighted by atomic mass is 9.98. The number of carbonyl (C=O) groups is 1. The molecule has 2 atom stereocenters. The highest BCUT2D eigenvalue weighted by Gasteiger charge is 2.37. The van der Waals surface area contributed by atoms with Crippen LogP contribution < -0.4 is 10.6 Å². The number of alkyl halides is 3. The summed E-state index contributed by atoms with van der Waals surface area (Å²) in [5.74, 6) is -0.893. The standard InChI is InChI=1S/C12H15F3N4O/c1-6-4-19(5-8(6)10(16)20)11-17-7(2)3-9(18-11)12(13,14)15/h3,6,8H,4-5H2,1-2H3,(H2,16,20)/t6-,8-/m1/s1. The summed E-state index contributed by atoms with van der Waals surface area (Å²) < 4.78 is 38.2. The van der Waals surface area contributed by atoms with Crippen molar-refractivity contribution in [3.63, 3.8) is 0 Å². The van der Waals surface area contributed by atoms with Crippen LogP contribution in [0.4, 0.5) is 19.1 Å². The number of amides is 1. The molecule has 110 valence electrons. The number of hydrogen-bond donors (Lipinski definition) is 1. The fourth-order valence-corrected chi connectivity index (χ4v) is 2.34. The molecule has 1 fully saturated rings. The van der Waals surface area contributed by atoms with Gasteiger partial charge in [0.25, 0.3) is 0 Å². The zero-order valence-corrected chi connectivity index (χ0v) is 11.1. The zero-order chi connectivity index (χ0) is 15.1. The summed E-state index contributed by atoms with van der Waals surface area (Å²) >= 11 is 0. The third-order valence-corrected chi connectivity index (χ3v) is 3.39. The Kier molecular flexibility index (Phi) is 3.58. The Bertz CT molecular complexity index is 532. The minimum Gasteiger partial charge on any atom is -0.369 e. The van der Waals surface area contributed by atoms with E-state index in [0.717, 1.165) is 6.07 Å². The van der Waals surface area contributed by atoms with E-state index < -0.39 is 23.7 Å². The maximum atomic E-state index is 12.7. The first-order valence-electron chi connectivity index (χ1n) is 6.15. The Morgan fingerprint density at radius 1 is 1.40 bits per heavy atom. The summed E-state index contributed by atoms with van der Waals surface area (Å²) in [5.41, 5.74) is 4.53. The number of primary amides is 1. The summed E-state index contributed by atoms with van der Waals surface area (Å²) in [6.07, 6.45) is -4.52. The lowest BCUT2D eigenvalue weighted by Gasteiger charge is -2.17. The van der Waals surface area contributed by atoms with Gasteiger partial charge in [-0.1, -0.05) is 6.92 Å². The summed E-state index contributed by atoms with van der Waals surface area (Å²) in [6, 6.07) is 0.897. The molecule has 8 heteroatoms. The van der Waals surface area contributed by atoms with Gasteiger partial charge in [0.1, 0.15) is 5.69 Å². The van der Waals surface area contributed by atoms with Crippen molar-refractivity contribution in [2.45, 2.75) is 20.0 Å². The molecule has 2 N–H and O–H groups in total. The van der Waals surface area contributed by atoms with Crippen LogP contribution in [0.15, 0.2) is 6.07 Å². The molecular formula is C12H15F3N4O. The van der Waals surface area contributed by atoms with Gasteiger partial charge < -0.3 is 10.6 Å². The second-order valence-electron chi connectivity index (χ2n) is 5.08. The van der Waals surface area contributed by atoms with Gasteiger partial charge in [-0.25, -0.2) is 9.97 Å². The second kappa shape index (κ2) is 4.92. The van der Waals surface area contributed by atoms with Crippen molar-refractivity contribution in [3.8, 4) is 0 Å². The van der Waals surface area contributed by atoms with Crippen molar-refractivity contribution in [3.05, 3.63) is 17.5 Å². The van der Waals surface area contributed by atoms with Gasteiger partial charge in [0.2, 0.25) is 11.9 Å². The molecular weight excluding hydrogens is 273 g/mol. The predicted molar refractivity (Wildman–Crippen MR) is 65.8 cm³/mol. The number of nitrogens with two attached hydrogens (primary N) is 1. The molecule has 1 amide bonds. The smallest absolute Gasteiger partial charge is 0.369 e. The zero-order valence-electron chi connectivity index (χ0n) is 11.1. The first kappa shape index (κ1) is 14.5. The van der Waals surface area contributed by atoms with Crippen LogP contribution in [-0.2, 0) is 11.0 Å². The number of halogens is 3. The molecule has 1 aromatic heterocycles. The fraction of sp³-hybridized carbons (Fsp3) is 0.583. The molecule has 0 unspecified atom stereocenters. The SMILES string of the molecule is Cc1cc(C(F)(F)F)nc(N2C[C@@H](C)[C@H](C(N)=O)C2)n1. The van der Waals surface area contributed by atoms with Crippen LogP contribution in [0.25, 0.3) is 0 Å². The van der Waals surface area contributed by atoms with Crippen molar-refractivity contribution in [2.24, 2.45) is 17.6 Å². The summed E-state index contributed by atoms with van der Waals surface area (Å²) in [4.78, 5) is 20.4. The molecule has 0 aromatic carbocycles. The quantitative estimate of drug-likeness (QED) is 0.892. The molecule has 0 bridgehead atoms. The Labute approximate surface area is 114 Å². The minimum absolute atomic E-state index is 0.00655. The molecule has 0 saturated carbocycles. The van der Waals surface area contributed by atoms with Gasteiger partial charge >= 0.3 is 6.18 Å².